The first-order valence-corrected chi connectivity index (χ1v) is 9.28. The van der Waals surface area contributed by atoms with Gasteiger partial charge in [-0.2, -0.15) is 5.10 Å². The highest BCUT2D eigenvalue weighted by Gasteiger charge is 2.24. The predicted molar refractivity (Wildman–Crippen MR) is 103 cm³/mol. The van der Waals surface area contributed by atoms with Crippen molar-refractivity contribution in [1.82, 2.24) is 30.0 Å². The van der Waals surface area contributed by atoms with Gasteiger partial charge in [0.25, 0.3) is 5.91 Å². The lowest BCUT2D eigenvalue weighted by Crippen LogP contribution is -2.30. The van der Waals surface area contributed by atoms with Gasteiger partial charge in [0.15, 0.2) is 0 Å². The molecule has 2 aromatic heterocycles. The SMILES string of the molecule is CC(c1cc(-c2ccccc2)n[nH]1)N(C)C(=O)c1cn2c(n1)CCNCC2. The lowest BCUT2D eigenvalue weighted by Gasteiger charge is -2.23. The van der Waals surface area contributed by atoms with Crippen molar-refractivity contribution in [3.05, 3.63) is 59.8 Å². The van der Waals surface area contributed by atoms with Crippen molar-refractivity contribution in [3.8, 4) is 11.3 Å². The minimum atomic E-state index is -0.134. The van der Waals surface area contributed by atoms with Crippen molar-refractivity contribution in [3.63, 3.8) is 0 Å². The fourth-order valence-electron chi connectivity index (χ4n) is 3.35. The molecule has 0 saturated carbocycles. The Labute approximate surface area is 158 Å². The van der Waals surface area contributed by atoms with E-state index in [0.29, 0.717) is 5.69 Å². The number of aromatic nitrogens is 4. The van der Waals surface area contributed by atoms with Gasteiger partial charge in [-0.15, -0.1) is 0 Å². The minimum Gasteiger partial charge on any atom is -0.333 e. The van der Waals surface area contributed by atoms with E-state index in [1.54, 1.807) is 4.90 Å². The Hall–Kier alpha value is -2.93. The van der Waals surface area contributed by atoms with E-state index in [0.717, 1.165) is 48.8 Å². The molecule has 1 unspecified atom stereocenters. The highest BCUT2D eigenvalue weighted by molar-refractivity contribution is 5.92. The number of carbonyl (C=O) groups is 1. The number of fused-ring (bicyclic) bond motifs is 1. The summed E-state index contributed by atoms with van der Waals surface area (Å²) in [5, 5.41) is 10.8. The number of imidazole rings is 1. The lowest BCUT2D eigenvalue weighted by molar-refractivity contribution is 0.0734. The molecule has 0 radical (unpaired) electrons. The van der Waals surface area contributed by atoms with Crippen LogP contribution in [0.4, 0.5) is 0 Å². The fourth-order valence-corrected chi connectivity index (χ4v) is 3.35. The number of hydrogen-bond acceptors (Lipinski definition) is 4. The summed E-state index contributed by atoms with van der Waals surface area (Å²) in [6.07, 6.45) is 2.71. The number of aromatic amines is 1. The van der Waals surface area contributed by atoms with Gasteiger partial charge in [0.1, 0.15) is 11.5 Å². The van der Waals surface area contributed by atoms with Gasteiger partial charge >= 0.3 is 0 Å². The summed E-state index contributed by atoms with van der Waals surface area (Å²) in [5.41, 5.74) is 3.32. The molecule has 0 saturated heterocycles. The number of benzene rings is 1. The maximum absolute atomic E-state index is 12.9. The van der Waals surface area contributed by atoms with Crippen LogP contribution in [0, 0.1) is 0 Å². The molecule has 4 rings (SSSR count). The quantitative estimate of drug-likeness (QED) is 0.744. The second-order valence-electron chi connectivity index (χ2n) is 6.90. The largest absolute Gasteiger partial charge is 0.333 e. The van der Waals surface area contributed by atoms with Crippen LogP contribution in [0.3, 0.4) is 0 Å². The van der Waals surface area contributed by atoms with E-state index in [1.165, 1.54) is 0 Å². The lowest BCUT2D eigenvalue weighted by atomic mass is 10.1. The van der Waals surface area contributed by atoms with Crippen LogP contribution in [0.2, 0.25) is 0 Å². The first-order chi connectivity index (χ1) is 13.1. The Morgan fingerprint density at radius 3 is 2.89 bits per heavy atom. The number of H-pyrrole nitrogens is 1. The first kappa shape index (κ1) is 17.5. The topological polar surface area (TPSA) is 78.8 Å². The molecule has 2 N–H and O–H groups in total. The van der Waals surface area contributed by atoms with Crippen molar-refractivity contribution >= 4 is 5.91 Å². The van der Waals surface area contributed by atoms with Crippen LogP contribution in [-0.2, 0) is 13.0 Å². The second-order valence-corrected chi connectivity index (χ2v) is 6.90. The molecule has 1 aromatic carbocycles. The molecule has 0 spiro atoms. The van der Waals surface area contributed by atoms with Crippen LogP contribution < -0.4 is 5.32 Å². The third-order valence-electron chi connectivity index (χ3n) is 5.15. The van der Waals surface area contributed by atoms with Crippen LogP contribution >= 0.6 is 0 Å². The zero-order valence-electron chi connectivity index (χ0n) is 15.6. The maximum Gasteiger partial charge on any atom is 0.274 e. The van der Waals surface area contributed by atoms with Gasteiger partial charge in [0, 0.05) is 44.9 Å². The Morgan fingerprint density at radius 1 is 1.26 bits per heavy atom. The molecule has 7 heteroatoms. The van der Waals surface area contributed by atoms with Crippen LogP contribution in [0.5, 0.6) is 0 Å². The smallest absolute Gasteiger partial charge is 0.274 e. The molecule has 27 heavy (non-hydrogen) atoms. The normalized spacial score (nSPS) is 15.0. The molecule has 7 nitrogen and oxygen atoms in total. The summed E-state index contributed by atoms with van der Waals surface area (Å²) < 4.78 is 2.08. The maximum atomic E-state index is 12.9. The average Bonchev–Trinajstić information content (AvgIpc) is 3.30. The molecule has 0 bridgehead atoms. The molecule has 3 aromatic rings. The Bertz CT molecular complexity index is 906. The van der Waals surface area contributed by atoms with E-state index in [-0.39, 0.29) is 11.9 Å². The molecule has 140 valence electrons. The second kappa shape index (κ2) is 7.36. The van der Waals surface area contributed by atoms with Gasteiger partial charge in [0.2, 0.25) is 0 Å². The number of amides is 1. The van der Waals surface area contributed by atoms with Crippen molar-refractivity contribution in [2.75, 3.05) is 20.1 Å². The summed E-state index contributed by atoms with van der Waals surface area (Å²) in [4.78, 5) is 19.2. The van der Waals surface area contributed by atoms with Crippen molar-refractivity contribution in [2.45, 2.75) is 25.9 Å². The van der Waals surface area contributed by atoms with Gasteiger partial charge in [-0.25, -0.2) is 4.98 Å². The number of rotatable bonds is 4. The van der Waals surface area contributed by atoms with Crippen molar-refractivity contribution in [2.24, 2.45) is 0 Å². The summed E-state index contributed by atoms with van der Waals surface area (Å²) >= 11 is 0. The number of nitrogens with zero attached hydrogens (tertiary/aromatic N) is 4. The molecule has 1 aliphatic rings. The average molecular weight is 364 g/mol. The van der Waals surface area contributed by atoms with Crippen LogP contribution in [0.1, 0.15) is 35.0 Å². The summed E-state index contributed by atoms with van der Waals surface area (Å²) in [6.45, 7) is 4.63. The van der Waals surface area contributed by atoms with Crippen LogP contribution in [0.15, 0.2) is 42.6 Å². The predicted octanol–water partition coefficient (Wildman–Crippen LogP) is 2.25. The number of hydrogen-bond donors (Lipinski definition) is 2. The van der Waals surface area contributed by atoms with E-state index >= 15 is 0 Å². The molecular formula is C20H24N6O. The van der Waals surface area contributed by atoms with Crippen LogP contribution in [-0.4, -0.2) is 50.7 Å². The molecule has 0 aliphatic carbocycles. The molecular weight excluding hydrogens is 340 g/mol. The van der Waals surface area contributed by atoms with Gasteiger partial charge in [-0.3, -0.25) is 9.89 Å². The highest BCUT2D eigenvalue weighted by Crippen LogP contribution is 2.24. The Morgan fingerprint density at radius 2 is 2.07 bits per heavy atom. The zero-order valence-corrected chi connectivity index (χ0v) is 15.6. The monoisotopic (exact) mass is 364 g/mol. The van der Waals surface area contributed by atoms with E-state index < -0.39 is 0 Å². The third-order valence-corrected chi connectivity index (χ3v) is 5.15. The number of nitrogens with one attached hydrogen (secondary N) is 2. The van der Waals surface area contributed by atoms with Gasteiger partial charge in [-0.05, 0) is 13.0 Å². The summed E-state index contributed by atoms with van der Waals surface area (Å²) in [6, 6.07) is 11.9. The summed E-state index contributed by atoms with van der Waals surface area (Å²) in [7, 11) is 1.81. The third kappa shape index (κ3) is 3.50. The van der Waals surface area contributed by atoms with Crippen molar-refractivity contribution < 1.29 is 4.79 Å². The standard InChI is InChI=1S/C20H24N6O/c1-14(16-12-17(24-23-16)15-6-4-3-5-7-15)25(2)20(27)18-13-26-11-10-21-9-8-19(26)22-18/h3-7,12-14,21H,8-11H2,1-2H3,(H,23,24). The van der Waals surface area contributed by atoms with E-state index in [2.05, 4.69) is 25.1 Å². The van der Waals surface area contributed by atoms with Gasteiger partial charge in [-0.1, -0.05) is 30.3 Å². The van der Waals surface area contributed by atoms with Crippen molar-refractivity contribution in [1.29, 1.82) is 0 Å². The van der Waals surface area contributed by atoms with E-state index in [1.807, 2.05) is 56.6 Å². The van der Waals surface area contributed by atoms with E-state index in [4.69, 9.17) is 0 Å². The molecule has 1 aliphatic heterocycles. The first-order valence-electron chi connectivity index (χ1n) is 9.28. The molecule has 1 amide bonds. The van der Waals surface area contributed by atoms with E-state index in [9.17, 15) is 4.79 Å². The van der Waals surface area contributed by atoms with Crippen LogP contribution in [0.25, 0.3) is 11.3 Å². The summed E-state index contributed by atoms with van der Waals surface area (Å²) in [5.74, 6) is 0.893. The van der Waals surface area contributed by atoms with Gasteiger partial charge < -0.3 is 14.8 Å². The minimum absolute atomic E-state index is 0.0770. The zero-order chi connectivity index (χ0) is 18.8. The number of carbonyl (C=O) groups excluding carboxylic acids is 1. The molecule has 0 fully saturated rings. The molecule has 1 atom stereocenters. The Balaban J connectivity index is 1.51. The Kier molecular flexibility index (Phi) is 4.77. The molecule has 3 heterocycles. The fraction of sp³-hybridized carbons (Fsp3) is 0.350. The highest BCUT2D eigenvalue weighted by atomic mass is 16.2. The van der Waals surface area contributed by atoms with Gasteiger partial charge in [0.05, 0.1) is 17.4 Å².